The van der Waals surface area contributed by atoms with Crippen LogP contribution in [0.25, 0.3) is 0 Å². The molecule has 1 aliphatic heterocycles. The third-order valence-electron chi connectivity index (χ3n) is 4.56. The van der Waals surface area contributed by atoms with Gasteiger partial charge in [-0.25, -0.2) is 0 Å². The van der Waals surface area contributed by atoms with Crippen LogP contribution < -0.4 is 19.8 Å². The number of carbonyl (C=O) groups excluding carboxylic acids is 1. The molecule has 0 bridgehead atoms. The number of hydrogen-bond acceptors (Lipinski definition) is 5. The number of ether oxygens (including phenoxy) is 3. The molecule has 0 aliphatic carbocycles. The van der Waals surface area contributed by atoms with Gasteiger partial charge in [0, 0.05) is 18.8 Å². The summed E-state index contributed by atoms with van der Waals surface area (Å²) in [6.45, 7) is 2.72. The first-order valence-electron chi connectivity index (χ1n) is 8.29. The van der Waals surface area contributed by atoms with Crippen LogP contribution in [0.3, 0.4) is 0 Å². The molecule has 1 fully saturated rings. The van der Waals surface area contributed by atoms with Gasteiger partial charge in [0.2, 0.25) is 0 Å². The summed E-state index contributed by atoms with van der Waals surface area (Å²) >= 11 is 0. The van der Waals surface area contributed by atoms with E-state index >= 15 is 0 Å². The van der Waals surface area contributed by atoms with Gasteiger partial charge in [-0.2, -0.15) is 0 Å². The molecule has 1 aromatic carbocycles. The largest absolute Gasteiger partial charge is 0.496 e. The van der Waals surface area contributed by atoms with Gasteiger partial charge in [0.25, 0.3) is 11.5 Å². The highest BCUT2D eigenvalue weighted by molar-refractivity contribution is 6.00. The van der Waals surface area contributed by atoms with E-state index in [0.717, 1.165) is 5.69 Å². The summed E-state index contributed by atoms with van der Waals surface area (Å²) < 4.78 is 18.0. The van der Waals surface area contributed by atoms with E-state index in [9.17, 15) is 9.59 Å². The van der Waals surface area contributed by atoms with Crippen LogP contribution in [0.15, 0.2) is 35.1 Å². The molecule has 7 nitrogen and oxygen atoms in total. The average Bonchev–Trinajstić information content (AvgIpc) is 2.60. The average molecular weight is 358 g/mol. The van der Waals surface area contributed by atoms with Crippen LogP contribution in [0, 0.1) is 6.92 Å². The number of hydrogen-bond donors (Lipinski definition) is 0. The second kappa shape index (κ2) is 7.11. The lowest BCUT2D eigenvalue weighted by Crippen LogP contribution is -2.56. The van der Waals surface area contributed by atoms with Crippen molar-refractivity contribution >= 4 is 5.91 Å². The lowest BCUT2D eigenvalue weighted by Gasteiger charge is -2.39. The zero-order chi connectivity index (χ0) is 18.8. The molecule has 0 unspecified atom stereocenters. The van der Waals surface area contributed by atoms with Gasteiger partial charge in [0.05, 0.1) is 27.3 Å². The Hall–Kier alpha value is -2.96. The van der Waals surface area contributed by atoms with E-state index in [1.807, 2.05) is 13.0 Å². The molecule has 7 heteroatoms. The molecule has 0 spiro atoms. The molecule has 0 saturated carbocycles. The lowest BCUT2D eigenvalue weighted by atomic mass is 10.1. The van der Waals surface area contributed by atoms with Gasteiger partial charge in [0.1, 0.15) is 28.9 Å². The van der Waals surface area contributed by atoms with E-state index in [-0.39, 0.29) is 17.6 Å². The summed E-state index contributed by atoms with van der Waals surface area (Å²) in [6, 6.07) is 8.50. The Morgan fingerprint density at radius 2 is 1.73 bits per heavy atom. The fourth-order valence-corrected chi connectivity index (χ4v) is 2.90. The number of pyridine rings is 1. The van der Waals surface area contributed by atoms with Gasteiger partial charge >= 0.3 is 0 Å². The molecular weight excluding hydrogens is 336 g/mol. The monoisotopic (exact) mass is 358 g/mol. The first-order valence-corrected chi connectivity index (χ1v) is 8.29. The maximum absolute atomic E-state index is 12.8. The van der Waals surface area contributed by atoms with Crippen LogP contribution in [0.4, 0.5) is 0 Å². The minimum atomic E-state index is -0.167. The molecule has 0 N–H and O–H groups in total. The smallest absolute Gasteiger partial charge is 0.261 e. The Morgan fingerprint density at radius 3 is 2.27 bits per heavy atom. The zero-order valence-corrected chi connectivity index (χ0v) is 15.3. The molecule has 2 heterocycles. The number of benzene rings is 1. The number of methoxy groups -OCH3 is 2. The fraction of sp³-hybridized carbons (Fsp3) is 0.368. The fourth-order valence-electron chi connectivity index (χ4n) is 2.90. The van der Waals surface area contributed by atoms with Crippen molar-refractivity contribution < 1.29 is 19.0 Å². The van der Waals surface area contributed by atoms with Crippen LogP contribution in [0.5, 0.6) is 17.2 Å². The van der Waals surface area contributed by atoms with Crippen molar-refractivity contribution in [1.29, 1.82) is 0 Å². The van der Waals surface area contributed by atoms with Crippen LogP contribution in [-0.2, 0) is 7.05 Å². The summed E-state index contributed by atoms with van der Waals surface area (Å²) in [5, 5.41) is 0. The van der Waals surface area contributed by atoms with E-state index in [2.05, 4.69) is 0 Å². The Balaban J connectivity index is 1.69. The topological polar surface area (TPSA) is 70.0 Å². The van der Waals surface area contributed by atoms with E-state index in [0.29, 0.717) is 35.9 Å². The standard InChI is InChI=1S/C19H22N2O5/c1-12-8-13(9-17(22)20(12)2)26-14-10-21(11-14)19(23)18-15(24-3)6-5-7-16(18)25-4/h5-9,14H,10-11H2,1-4H3. The van der Waals surface area contributed by atoms with Gasteiger partial charge in [0.15, 0.2) is 0 Å². The van der Waals surface area contributed by atoms with Crippen molar-refractivity contribution in [3.63, 3.8) is 0 Å². The van der Waals surface area contributed by atoms with Crippen LogP contribution >= 0.6 is 0 Å². The van der Waals surface area contributed by atoms with Gasteiger partial charge in [-0.15, -0.1) is 0 Å². The van der Waals surface area contributed by atoms with E-state index < -0.39 is 0 Å². The van der Waals surface area contributed by atoms with Crippen LogP contribution in [0.2, 0.25) is 0 Å². The zero-order valence-electron chi connectivity index (χ0n) is 15.3. The van der Waals surface area contributed by atoms with Crippen molar-refractivity contribution in [2.75, 3.05) is 27.3 Å². The normalized spacial score (nSPS) is 13.9. The summed E-state index contributed by atoms with van der Waals surface area (Å²) in [5.74, 6) is 1.30. The molecule has 0 radical (unpaired) electrons. The highest BCUT2D eigenvalue weighted by Gasteiger charge is 2.35. The molecular formula is C19H22N2O5. The number of aromatic nitrogens is 1. The minimum Gasteiger partial charge on any atom is -0.496 e. The summed E-state index contributed by atoms with van der Waals surface area (Å²) in [5.41, 5.74) is 1.10. The van der Waals surface area contributed by atoms with Gasteiger partial charge in [-0.05, 0) is 25.1 Å². The Labute approximate surface area is 151 Å². The minimum absolute atomic E-state index is 0.119. The number of carbonyl (C=O) groups is 1. The summed E-state index contributed by atoms with van der Waals surface area (Å²) in [6.07, 6.45) is -0.147. The van der Waals surface area contributed by atoms with Crippen molar-refractivity contribution in [2.24, 2.45) is 7.05 Å². The molecule has 3 rings (SSSR count). The molecule has 1 aliphatic rings. The summed E-state index contributed by atoms with van der Waals surface area (Å²) in [4.78, 5) is 26.3. The van der Waals surface area contributed by atoms with E-state index in [1.54, 1.807) is 34.7 Å². The third-order valence-corrected chi connectivity index (χ3v) is 4.56. The molecule has 1 saturated heterocycles. The van der Waals surface area contributed by atoms with Gasteiger partial charge < -0.3 is 23.7 Å². The number of rotatable bonds is 5. The number of aryl methyl sites for hydroxylation is 1. The number of likely N-dealkylation sites (tertiary alicyclic amines) is 1. The molecule has 2 aromatic rings. The number of nitrogens with zero attached hydrogens (tertiary/aromatic N) is 2. The van der Waals surface area contributed by atoms with Crippen molar-refractivity contribution in [3.8, 4) is 17.2 Å². The second-order valence-electron chi connectivity index (χ2n) is 6.22. The van der Waals surface area contributed by atoms with Crippen LogP contribution in [0.1, 0.15) is 16.1 Å². The molecule has 1 amide bonds. The Kier molecular flexibility index (Phi) is 4.88. The maximum Gasteiger partial charge on any atom is 0.261 e. The molecule has 0 atom stereocenters. The predicted molar refractivity (Wildman–Crippen MR) is 96.3 cm³/mol. The molecule has 138 valence electrons. The summed E-state index contributed by atoms with van der Waals surface area (Å²) in [7, 11) is 4.75. The highest BCUT2D eigenvalue weighted by Crippen LogP contribution is 2.31. The molecule has 26 heavy (non-hydrogen) atoms. The molecule has 1 aromatic heterocycles. The quantitative estimate of drug-likeness (QED) is 0.812. The van der Waals surface area contributed by atoms with Crippen molar-refractivity contribution in [2.45, 2.75) is 13.0 Å². The second-order valence-corrected chi connectivity index (χ2v) is 6.22. The lowest BCUT2D eigenvalue weighted by molar-refractivity contribution is 0.0172. The van der Waals surface area contributed by atoms with Crippen LogP contribution in [-0.4, -0.2) is 48.8 Å². The Morgan fingerprint density at radius 1 is 1.12 bits per heavy atom. The first kappa shape index (κ1) is 17.8. The maximum atomic E-state index is 12.8. The van der Waals surface area contributed by atoms with E-state index in [1.165, 1.54) is 20.3 Å². The van der Waals surface area contributed by atoms with Gasteiger partial charge in [-0.1, -0.05) is 6.07 Å². The third kappa shape index (κ3) is 3.24. The van der Waals surface area contributed by atoms with Crippen molar-refractivity contribution in [3.05, 3.63) is 51.9 Å². The number of amides is 1. The first-order chi connectivity index (χ1) is 12.4. The highest BCUT2D eigenvalue weighted by atomic mass is 16.5. The van der Waals surface area contributed by atoms with Crippen molar-refractivity contribution in [1.82, 2.24) is 9.47 Å². The van der Waals surface area contributed by atoms with E-state index in [4.69, 9.17) is 14.2 Å². The van der Waals surface area contributed by atoms with Gasteiger partial charge in [-0.3, -0.25) is 9.59 Å². The Bertz CT molecular complexity index is 862. The predicted octanol–water partition coefficient (Wildman–Crippen LogP) is 1.61. The SMILES string of the molecule is COc1cccc(OC)c1C(=O)N1CC(Oc2cc(C)n(C)c(=O)c2)C1.